The van der Waals surface area contributed by atoms with E-state index in [9.17, 15) is 4.79 Å². The van der Waals surface area contributed by atoms with Crippen LogP contribution in [-0.2, 0) is 24.1 Å². The minimum atomic E-state index is -0.307. The lowest BCUT2D eigenvalue weighted by Crippen LogP contribution is -2.37. The summed E-state index contributed by atoms with van der Waals surface area (Å²) < 4.78 is 7.09. The van der Waals surface area contributed by atoms with Gasteiger partial charge in [-0.3, -0.25) is 9.67 Å². The summed E-state index contributed by atoms with van der Waals surface area (Å²) >= 11 is 0. The van der Waals surface area contributed by atoms with E-state index in [1.54, 1.807) is 10.9 Å². The van der Waals surface area contributed by atoms with Crippen LogP contribution in [-0.4, -0.2) is 33.4 Å². The normalized spacial score (nSPS) is 19.9. The van der Waals surface area contributed by atoms with E-state index in [4.69, 9.17) is 10.5 Å². The number of ether oxygens (including phenoxy) is 1. The van der Waals surface area contributed by atoms with E-state index in [1.165, 1.54) is 5.56 Å². The summed E-state index contributed by atoms with van der Waals surface area (Å²) in [5, 5.41) is 4.61. The first-order valence-electron chi connectivity index (χ1n) is 6.72. The second-order valence-electron chi connectivity index (χ2n) is 5.15. The zero-order valence-electron chi connectivity index (χ0n) is 10.9. The molecule has 1 atom stereocenters. The Morgan fingerprint density at radius 3 is 3.20 bits per heavy atom. The molecule has 2 aromatic heterocycles. The Hall–Kier alpha value is -2.21. The number of hydrogen-bond acceptors (Lipinski definition) is 5. The van der Waals surface area contributed by atoms with Crippen LogP contribution in [0.5, 0.6) is 0 Å². The lowest BCUT2D eigenvalue weighted by atomic mass is 9.90. The molecule has 0 aromatic carbocycles. The Morgan fingerprint density at radius 2 is 2.35 bits per heavy atom. The quantitative estimate of drug-likeness (QED) is 0.765. The molecule has 0 fully saturated rings. The van der Waals surface area contributed by atoms with Crippen molar-refractivity contribution in [1.82, 2.24) is 14.8 Å². The molecule has 2 N–H and O–H groups in total. The molecule has 0 amide bonds. The maximum absolute atomic E-state index is 12.1. The number of esters is 1. The monoisotopic (exact) mass is 270 g/mol. The summed E-state index contributed by atoms with van der Waals surface area (Å²) in [6.45, 7) is 0.848. The van der Waals surface area contributed by atoms with Crippen molar-refractivity contribution in [3.05, 3.63) is 35.3 Å². The summed E-state index contributed by atoms with van der Waals surface area (Å²) in [6, 6.07) is 1.96. The number of aryl methyl sites for hydroxylation is 1. The molecular weight excluding hydrogens is 256 g/mol. The summed E-state index contributed by atoms with van der Waals surface area (Å²) in [5.74, 6) is -0.307. The Kier molecular flexibility index (Phi) is 2.40. The Labute approximate surface area is 115 Å². The molecule has 1 aliphatic heterocycles. The van der Waals surface area contributed by atoms with Crippen molar-refractivity contribution in [3.63, 3.8) is 0 Å². The predicted octanol–water partition coefficient (Wildman–Crippen LogP) is 0.541. The highest BCUT2D eigenvalue weighted by atomic mass is 16.5. The Bertz CT molecular complexity index is 707. The van der Waals surface area contributed by atoms with Crippen LogP contribution < -0.4 is 5.73 Å². The first kappa shape index (κ1) is 11.6. The minimum absolute atomic E-state index is 0.284. The molecule has 2 aromatic rings. The van der Waals surface area contributed by atoms with Crippen molar-refractivity contribution < 1.29 is 9.53 Å². The number of carbonyl (C=O) groups excluding carboxylic acids is 1. The third kappa shape index (κ3) is 1.51. The van der Waals surface area contributed by atoms with Crippen molar-refractivity contribution in [1.29, 1.82) is 0 Å². The van der Waals surface area contributed by atoms with Crippen LogP contribution in [0.15, 0.2) is 18.5 Å². The van der Waals surface area contributed by atoms with Crippen LogP contribution in [0.1, 0.15) is 21.6 Å². The first-order chi connectivity index (χ1) is 9.78. The van der Waals surface area contributed by atoms with Crippen LogP contribution in [0.2, 0.25) is 0 Å². The second-order valence-corrected chi connectivity index (χ2v) is 5.15. The van der Waals surface area contributed by atoms with E-state index >= 15 is 0 Å². The molecule has 1 aliphatic carbocycles. The van der Waals surface area contributed by atoms with Crippen LogP contribution in [0, 0.1) is 0 Å². The number of nitrogens with two attached hydrogens (primary N) is 1. The van der Waals surface area contributed by atoms with Gasteiger partial charge in [0.15, 0.2) is 0 Å². The van der Waals surface area contributed by atoms with Gasteiger partial charge in [-0.15, -0.1) is 0 Å². The van der Waals surface area contributed by atoms with Crippen molar-refractivity contribution in [3.8, 4) is 11.3 Å². The molecule has 0 radical (unpaired) electrons. The van der Waals surface area contributed by atoms with Gasteiger partial charge in [0.1, 0.15) is 11.8 Å². The number of rotatable bonds is 1. The average Bonchev–Trinajstić information content (AvgIpc) is 2.86. The topological polar surface area (TPSA) is 83.0 Å². The number of carbonyl (C=O) groups is 1. The van der Waals surface area contributed by atoms with Gasteiger partial charge in [0.05, 0.1) is 12.2 Å². The van der Waals surface area contributed by atoms with Gasteiger partial charge < -0.3 is 10.5 Å². The van der Waals surface area contributed by atoms with E-state index in [1.807, 2.05) is 12.3 Å². The van der Waals surface area contributed by atoms with Crippen molar-refractivity contribution in [2.75, 3.05) is 6.54 Å². The third-order valence-corrected chi connectivity index (χ3v) is 3.96. The molecule has 2 aliphatic rings. The first-order valence-corrected chi connectivity index (χ1v) is 6.72. The molecule has 6 nitrogen and oxygen atoms in total. The number of hydrogen-bond donors (Lipinski definition) is 1. The van der Waals surface area contributed by atoms with Gasteiger partial charge in [0.25, 0.3) is 0 Å². The fourth-order valence-electron chi connectivity index (χ4n) is 2.99. The number of fused-ring (bicyclic) bond motifs is 5. The fourth-order valence-corrected chi connectivity index (χ4v) is 2.99. The highest BCUT2D eigenvalue weighted by Gasteiger charge is 2.34. The van der Waals surface area contributed by atoms with Crippen LogP contribution in [0.3, 0.4) is 0 Å². The molecule has 3 heterocycles. The summed E-state index contributed by atoms with van der Waals surface area (Å²) in [4.78, 5) is 16.3. The number of aromatic nitrogens is 3. The maximum Gasteiger partial charge on any atom is 0.357 e. The summed E-state index contributed by atoms with van der Waals surface area (Å²) in [6.07, 6.45) is 5.02. The largest absolute Gasteiger partial charge is 0.454 e. The van der Waals surface area contributed by atoms with E-state index < -0.39 is 0 Å². The van der Waals surface area contributed by atoms with Crippen molar-refractivity contribution in [2.45, 2.75) is 25.5 Å². The van der Waals surface area contributed by atoms with Crippen LogP contribution in [0.25, 0.3) is 11.3 Å². The highest BCUT2D eigenvalue weighted by Crippen LogP contribution is 2.35. The Morgan fingerprint density at radius 1 is 1.45 bits per heavy atom. The lowest BCUT2D eigenvalue weighted by Gasteiger charge is -2.23. The van der Waals surface area contributed by atoms with Gasteiger partial charge in [0.2, 0.25) is 0 Å². The smallest absolute Gasteiger partial charge is 0.357 e. The van der Waals surface area contributed by atoms with E-state index in [0.717, 1.165) is 29.7 Å². The molecule has 20 heavy (non-hydrogen) atoms. The van der Waals surface area contributed by atoms with Crippen molar-refractivity contribution in [2.24, 2.45) is 5.73 Å². The molecule has 0 spiro atoms. The molecule has 102 valence electrons. The standard InChI is InChI=1S/C14H14N4O2/c15-5-9-7-18-13(14(19)20-9)11-2-1-8-6-16-4-3-10(8)12(11)17-18/h3-4,6,9H,1-2,5,7,15H2. The molecule has 1 unspecified atom stereocenters. The van der Waals surface area contributed by atoms with Gasteiger partial charge >= 0.3 is 5.97 Å². The fraction of sp³-hybridized carbons (Fsp3) is 0.357. The SMILES string of the molecule is NCC1Cn2nc3c(c2C(=O)O1)CCc1cnccc1-3. The minimum Gasteiger partial charge on any atom is -0.454 e. The van der Waals surface area contributed by atoms with Gasteiger partial charge in [-0.2, -0.15) is 5.10 Å². The van der Waals surface area contributed by atoms with Gasteiger partial charge in [-0.25, -0.2) is 4.79 Å². The number of cyclic esters (lactones) is 1. The molecule has 4 rings (SSSR count). The van der Waals surface area contributed by atoms with E-state index in [-0.39, 0.29) is 12.1 Å². The lowest BCUT2D eigenvalue weighted by molar-refractivity contribution is 0.0168. The predicted molar refractivity (Wildman–Crippen MR) is 71.1 cm³/mol. The average molecular weight is 270 g/mol. The summed E-state index contributed by atoms with van der Waals surface area (Å²) in [7, 11) is 0. The molecule has 0 saturated heterocycles. The highest BCUT2D eigenvalue weighted by molar-refractivity contribution is 5.93. The molecule has 0 saturated carbocycles. The summed E-state index contributed by atoms with van der Waals surface area (Å²) in [5.41, 5.74) is 10.3. The molecular formula is C14H14N4O2. The Balaban J connectivity index is 1.89. The number of nitrogens with zero attached hydrogens (tertiary/aromatic N) is 3. The van der Waals surface area contributed by atoms with Gasteiger partial charge in [-0.05, 0) is 24.5 Å². The zero-order valence-corrected chi connectivity index (χ0v) is 10.9. The van der Waals surface area contributed by atoms with Crippen LogP contribution >= 0.6 is 0 Å². The second kappa shape index (κ2) is 4.14. The van der Waals surface area contributed by atoms with Crippen molar-refractivity contribution >= 4 is 5.97 Å². The molecule has 6 heteroatoms. The van der Waals surface area contributed by atoms with Gasteiger partial charge in [-0.1, -0.05) is 0 Å². The molecule has 0 bridgehead atoms. The van der Waals surface area contributed by atoms with E-state index in [2.05, 4.69) is 10.1 Å². The van der Waals surface area contributed by atoms with Gasteiger partial charge in [0, 0.05) is 30.1 Å². The third-order valence-electron chi connectivity index (χ3n) is 3.96. The number of pyridine rings is 1. The zero-order chi connectivity index (χ0) is 13.7. The maximum atomic E-state index is 12.1. The van der Waals surface area contributed by atoms with E-state index in [0.29, 0.717) is 18.8 Å². The van der Waals surface area contributed by atoms with Crippen LogP contribution in [0.4, 0.5) is 0 Å².